The van der Waals surface area contributed by atoms with Crippen molar-refractivity contribution in [1.29, 1.82) is 0 Å². The largest absolute Gasteiger partial charge is 0.392 e. The highest BCUT2D eigenvalue weighted by Gasteiger charge is 2.36. The Balaban J connectivity index is 2.90. The summed E-state index contributed by atoms with van der Waals surface area (Å²) in [5.41, 5.74) is 5.00. The van der Waals surface area contributed by atoms with Crippen molar-refractivity contribution in [2.24, 2.45) is 5.73 Å². The van der Waals surface area contributed by atoms with Gasteiger partial charge in [0.1, 0.15) is 0 Å². The summed E-state index contributed by atoms with van der Waals surface area (Å²) in [6, 6.07) is 0. The Morgan fingerprint density at radius 1 is 1.27 bits per heavy atom. The van der Waals surface area contributed by atoms with Gasteiger partial charge in [-0.25, -0.2) is 13.1 Å². The summed E-state index contributed by atoms with van der Waals surface area (Å²) in [6.45, 7) is 0. The average Bonchev–Trinajstić information content (AvgIpc) is 2.28. The second-order valence-electron chi connectivity index (χ2n) is 4.23. The molecule has 1 aliphatic rings. The van der Waals surface area contributed by atoms with Gasteiger partial charge in [-0.05, 0) is 12.8 Å². The quantitative estimate of drug-likeness (QED) is 0.577. The maximum Gasteiger partial charge on any atom is 0.209 e. The first-order valence-electron chi connectivity index (χ1n) is 5.15. The summed E-state index contributed by atoms with van der Waals surface area (Å²) < 4.78 is 25.2. The van der Waals surface area contributed by atoms with Crippen LogP contribution in [-0.2, 0) is 10.0 Å². The molecule has 4 nitrogen and oxygen atoms in total. The van der Waals surface area contributed by atoms with Crippen LogP contribution < -0.4 is 10.5 Å². The van der Waals surface area contributed by atoms with Crippen LogP contribution in [0, 0.1) is 0 Å². The SMILES string of the molecule is CS(=O)(=O)NC1(C(N)=S)CCCCCC1. The molecule has 15 heavy (non-hydrogen) atoms. The number of nitrogens with two attached hydrogens (primary N) is 1. The van der Waals surface area contributed by atoms with E-state index in [1.807, 2.05) is 0 Å². The van der Waals surface area contributed by atoms with Crippen LogP contribution in [0.4, 0.5) is 0 Å². The van der Waals surface area contributed by atoms with E-state index in [0.717, 1.165) is 44.8 Å². The zero-order valence-electron chi connectivity index (χ0n) is 8.95. The van der Waals surface area contributed by atoms with Gasteiger partial charge in [-0.15, -0.1) is 0 Å². The second-order valence-corrected chi connectivity index (χ2v) is 6.42. The molecule has 0 aromatic rings. The molecule has 0 radical (unpaired) electrons. The van der Waals surface area contributed by atoms with E-state index in [2.05, 4.69) is 4.72 Å². The third-order valence-electron chi connectivity index (χ3n) is 2.81. The minimum atomic E-state index is -3.26. The van der Waals surface area contributed by atoms with Crippen molar-refractivity contribution in [2.45, 2.75) is 44.1 Å². The molecule has 1 rings (SSSR count). The Labute approximate surface area is 96.7 Å². The molecule has 1 saturated carbocycles. The third kappa shape index (κ3) is 3.70. The zero-order valence-corrected chi connectivity index (χ0v) is 10.6. The molecule has 0 aromatic carbocycles. The molecule has 88 valence electrons. The van der Waals surface area contributed by atoms with Gasteiger partial charge in [0, 0.05) is 0 Å². The topological polar surface area (TPSA) is 72.2 Å². The zero-order chi connectivity index (χ0) is 11.5. The van der Waals surface area contributed by atoms with E-state index >= 15 is 0 Å². The van der Waals surface area contributed by atoms with E-state index in [1.54, 1.807) is 0 Å². The van der Waals surface area contributed by atoms with Gasteiger partial charge in [0.05, 0.1) is 16.8 Å². The molecule has 0 heterocycles. The summed E-state index contributed by atoms with van der Waals surface area (Å²) >= 11 is 5.01. The normalized spacial score (nSPS) is 21.9. The Kier molecular flexibility index (Phi) is 4.08. The maximum atomic E-state index is 11.3. The molecule has 0 atom stereocenters. The van der Waals surface area contributed by atoms with Gasteiger partial charge in [-0.3, -0.25) is 0 Å². The van der Waals surface area contributed by atoms with Crippen molar-refractivity contribution in [1.82, 2.24) is 4.72 Å². The van der Waals surface area contributed by atoms with Gasteiger partial charge in [0.15, 0.2) is 0 Å². The van der Waals surface area contributed by atoms with Crippen LogP contribution in [0.3, 0.4) is 0 Å². The van der Waals surface area contributed by atoms with E-state index in [-0.39, 0.29) is 4.99 Å². The summed E-state index contributed by atoms with van der Waals surface area (Å²) in [7, 11) is -3.26. The molecule has 0 unspecified atom stereocenters. The predicted molar refractivity (Wildman–Crippen MR) is 65.2 cm³/mol. The Morgan fingerprint density at radius 3 is 2.07 bits per heavy atom. The van der Waals surface area contributed by atoms with Crippen molar-refractivity contribution in [3.05, 3.63) is 0 Å². The Hall–Kier alpha value is -0.200. The highest BCUT2D eigenvalue weighted by Crippen LogP contribution is 2.28. The van der Waals surface area contributed by atoms with E-state index in [4.69, 9.17) is 18.0 Å². The molecule has 0 bridgehead atoms. The average molecular weight is 250 g/mol. The van der Waals surface area contributed by atoms with E-state index < -0.39 is 15.6 Å². The van der Waals surface area contributed by atoms with Crippen LogP contribution in [0.1, 0.15) is 38.5 Å². The van der Waals surface area contributed by atoms with Gasteiger partial charge >= 0.3 is 0 Å². The molecule has 0 amide bonds. The van der Waals surface area contributed by atoms with Crippen molar-refractivity contribution in [3.8, 4) is 0 Å². The highest BCUT2D eigenvalue weighted by molar-refractivity contribution is 7.89. The molecule has 3 N–H and O–H groups in total. The van der Waals surface area contributed by atoms with Gasteiger partial charge in [0.2, 0.25) is 10.0 Å². The van der Waals surface area contributed by atoms with Crippen LogP contribution in [0.5, 0.6) is 0 Å². The lowest BCUT2D eigenvalue weighted by molar-refractivity contribution is 0.443. The van der Waals surface area contributed by atoms with Crippen LogP contribution in [-0.4, -0.2) is 25.2 Å². The summed E-state index contributed by atoms with van der Waals surface area (Å²) in [6.07, 6.45) is 6.77. The molecule has 0 aromatic heterocycles. The van der Waals surface area contributed by atoms with Crippen LogP contribution >= 0.6 is 12.2 Å². The number of thiocarbonyl (C=S) groups is 1. The Bertz CT molecular complexity index is 330. The predicted octanol–water partition coefficient (Wildman–Crippen LogP) is 0.915. The lowest BCUT2D eigenvalue weighted by atomic mass is 9.91. The van der Waals surface area contributed by atoms with Crippen molar-refractivity contribution >= 4 is 27.2 Å². The van der Waals surface area contributed by atoms with Crippen molar-refractivity contribution < 1.29 is 8.42 Å². The molecule has 0 aliphatic heterocycles. The highest BCUT2D eigenvalue weighted by atomic mass is 32.2. The lowest BCUT2D eigenvalue weighted by Crippen LogP contribution is -2.56. The molecule has 1 aliphatic carbocycles. The van der Waals surface area contributed by atoms with Gasteiger partial charge < -0.3 is 5.73 Å². The fraction of sp³-hybridized carbons (Fsp3) is 0.889. The summed E-state index contributed by atoms with van der Waals surface area (Å²) in [5.74, 6) is 0. The van der Waals surface area contributed by atoms with Gasteiger partial charge in [0.25, 0.3) is 0 Å². The van der Waals surface area contributed by atoms with Crippen LogP contribution in [0.2, 0.25) is 0 Å². The standard InChI is InChI=1S/C9H18N2O2S2/c1-15(12,13)11-9(8(10)14)6-4-2-3-5-7-9/h11H,2-7H2,1H3,(H2,10,14). The third-order valence-corrected chi connectivity index (χ3v) is 3.96. The van der Waals surface area contributed by atoms with E-state index in [9.17, 15) is 8.42 Å². The molecule has 6 heteroatoms. The molecule has 0 spiro atoms. The second kappa shape index (κ2) is 4.76. The monoisotopic (exact) mass is 250 g/mol. The molecule has 0 saturated heterocycles. The van der Waals surface area contributed by atoms with Crippen LogP contribution in [0.15, 0.2) is 0 Å². The van der Waals surface area contributed by atoms with E-state index in [1.165, 1.54) is 0 Å². The first-order chi connectivity index (χ1) is 6.86. The van der Waals surface area contributed by atoms with Gasteiger partial charge in [-0.2, -0.15) is 0 Å². The summed E-state index contributed by atoms with van der Waals surface area (Å²) in [5, 5.41) is 0. The number of hydrogen-bond acceptors (Lipinski definition) is 3. The number of rotatable bonds is 3. The minimum absolute atomic E-state index is 0.273. The fourth-order valence-corrected chi connectivity index (χ4v) is 3.43. The number of sulfonamides is 1. The first-order valence-corrected chi connectivity index (χ1v) is 7.45. The summed E-state index contributed by atoms with van der Waals surface area (Å²) in [4.78, 5) is 0.273. The van der Waals surface area contributed by atoms with Crippen molar-refractivity contribution in [3.63, 3.8) is 0 Å². The Morgan fingerprint density at radius 2 is 1.73 bits per heavy atom. The lowest BCUT2D eigenvalue weighted by Gasteiger charge is -2.31. The fourth-order valence-electron chi connectivity index (χ4n) is 2.09. The van der Waals surface area contributed by atoms with Gasteiger partial charge in [-0.1, -0.05) is 37.9 Å². The molecular weight excluding hydrogens is 232 g/mol. The first kappa shape index (κ1) is 12.9. The number of hydrogen-bond donors (Lipinski definition) is 2. The minimum Gasteiger partial charge on any atom is -0.392 e. The van der Waals surface area contributed by atoms with Crippen LogP contribution in [0.25, 0.3) is 0 Å². The van der Waals surface area contributed by atoms with E-state index in [0.29, 0.717) is 0 Å². The maximum absolute atomic E-state index is 11.3. The smallest absolute Gasteiger partial charge is 0.209 e. The van der Waals surface area contributed by atoms with Crippen molar-refractivity contribution in [2.75, 3.05) is 6.26 Å². The molecule has 1 fully saturated rings. The molecular formula is C9H18N2O2S2. The number of nitrogens with one attached hydrogen (secondary N) is 1.